The number of aromatic nitrogens is 1. The van der Waals surface area contributed by atoms with Crippen LogP contribution >= 0.6 is 22.9 Å². The lowest BCUT2D eigenvalue weighted by atomic mass is 10.1. The molecular weight excluding hydrogens is 446 g/mol. The number of esters is 1. The third-order valence-electron chi connectivity index (χ3n) is 5.09. The lowest BCUT2D eigenvalue weighted by molar-refractivity contribution is 0.0500. The molecule has 2 heterocycles. The number of benzene rings is 2. The maximum absolute atomic E-state index is 12.3. The second kappa shape index (κ2) is 9.54. The molecule has 32 heavy (non-hydrogen) atoms. The molecule has 164 valence electrons. The van der Waals surface area contributed by atoms with Crippen molar-refractivity contribution in [3.63, 3.8) is 0 Å². The molecule has 1 aliphatic rings. The summed E-state index contributed by atoms with van der Waals surface area (Å²) in [4.78, 5) is 18.6. The Morgan fingerprint density at radius 2 is 2.06 bits per heavy atom. The number of carbonyl (C=O) groups excluding carboxylic acids is 1. The Labute approximate surface area is 195 Å². The molecule has 0 saturated heterocycles. The lowest BCUT2D eigenvalue weighted by Crippen LogP contribution is -2.26. The lowest BCUT2D eigenvalue weighted by Gasteiger charge is -2.19. The summed E-state index contributed by atoms with van der Waals surface area (Å²) in [5.74, 6) is -0.185. The predicted molar refractivity (Wildman–Crippen MR) is 129 cm³/mol. The van der Waals surface area contributed by atoms with Gasteiger partial charge in [0.25, 0.3) is 0 Å². The Bertz CT molecular complexity index is 1190. The van der Waals surface area contributed by atoms with Crippen molar-refractivity contribution in [1.29, 1.82) is 5.41 Å². The van der Waals surface area contributed by atoms with E-state index in [1.165, 1.54) is 11.3 Å². The van der Waals surface area contributed by atoms with Crippen molar-refractivity contribution in [1.82, 2.24) is 4.98 Å². The highest BCUT2D eigenvalue weighted by atomic mass is 35.5. The van der Waals surface area contributed by atoms with E-state index in [4.69, 9.17) is 21.7 Å². The first kappa shape index (κ1) is 22.0. The molecule has 0 atom stereocenters. The summed E-state index contributed by atoms with van der Waals surface area (Å²) in [6.07, 6.45) is 1.76. The Morgan fingerprint density at radius 3 is 2.81 bits per heavy atom. The molecule has 0 spiro atoms. The molecule has 2 N–H and O–H groups in total. The molecule has 1 aromatic heterocycles. The van der Waals surface area contributed by atoms with Gasteiger partial charge in [-0.25, -0.2) is 9.78 Å². The molecule has 1 aliphatic heterocycles. The van der Waals surface area contributed by atoms with Crippen LogP contribution in [-0.4, -0.2) is 35.0 Å². The fourth-order valence-corrected chi connectivity index (χ4v) is 4.38. The second-order valence-electron chi connectivity index (χ2n) is 7.34. The van der Waals surface area contributed by atoms with Crippen molar-refractivity contribution in [3.8, 4) is 11.3 Å². The number of amidine groups is 1. The summed E-state index contributed by atoms with van der Waals surface area (Å²) in [5.41, 5.74) is 3.11. The molecular formula is C24H22ClN3O3S. The van der Waals surface area contributed by atoms with Gasteiger partial charge in [0.05, 0.1) is 30.0 Å². The van der Waals surface area contributed by atoms with E-state index < -0.39 is 5.97 Å². The maximum Gasteiger partial charge on any atom is 0.338 e. The number of hydrogen-bond donors (Lipinski definition) is 2. The van der Waals surface area contributed by atoms with Crippen LogP contribution in [0.1, 0.15) is 35.1 Å². The van der Waals surface area contributed by atoms with Crippen LogP contribution in [-0.2, 0) is 4.74 Å². The minimum absolute atomic E-state index is 0.0722. The van der Waals surface area contributed by atoms with Gasteiger partial charge in [0.1, 0.15) is 16.6 Å². The largest absolute Gasteiger partial charge is 0.510 e. The van der Waals surface area contributed by atoms with Crippen molar-refractivity contribution < 1.29 is 14.6 Å². The van der Waals surface area contributed by atoms with Gasteiger partial charge in [-0.15, -0.1) is 11.3 Å². The topological polar surface area (TPSA) is 86.5 Å². The number of carbonyl (C=O) groups is 1. The van der Waals surface area contributed by atoms with Gasteiger partial charge in [-0.1, -0.05) is 43.1 Å². The van der Waals surface area contributed by atoms with E-state index >= 15 is 0 Å². The monoisotopic (exact) mass is 467 g/mol. The summed E-state index contributed by atoms with van der Waals surface area (Å²) in [7, 11) is 0. The minimum atomic E-state index is -0.393. The van der Waals surface area contributed by atoms with E-state index in [2.05, 4.69) is 4.98 Å². The highest BCUT2D eigenvalue weighted by Gasteiger charge is 2.31. The summed E-state index contributed by atoms with van der Waals surface area (Å²) >= 11 is 7.33. The van der Waals surface area contributed by atoms with Crippen LogP contribution in [0.15, 0.2) is 59.7 Å². The van der Waals surface area contributed by atoms with Gasteiger partial charge < -0.3 is 14.7 Å². The highest BCUT2D eigenvalue weighted by Crippen LogP contribution is 2.34. The zero-order chi connectivity index (χ0) is 22.7. The van der Waals surface area contributed by atoms with Crippen LogP contribution in [0.25, 0.3) is 16.8 Å². The van der Waals surface area contributed by atoms with Crippen LogP contribution in [0.2, 0.25) is 5.02 Å². The molecule has 0 unspecified atom stereocenters. The van der Waals surface area contributed by atoms with E-state index in [9.17, 15) is 9.90 Å². The van der Waals surface area contributed by atoms with Crippen molar-refractivity contribution in [3.05, 3.63) is 75.3 Å². The van der Waals surface area contributed by atoms with Crippen molar-refractivity contribution in [2.24, 2.45) is 0 Å². The van der Waals surface area contributed by atoms with E-state index in [0.717, 1.165) is 24.1 Å². The average molecular weight is 468 g/mol. The molecule has 0 fully saturated rings. The Hall–Kier alpha value is -3.16. The average Bonchev–Trinajstić information content (AvgIpc) is 3.38. The van der Waals surface area contributed by atoms with Gasteiger partial charge in [-0.2, -0.15) is 0 Å². The number of aliphatic hydroxyl groups is 1. The number of ether oxygens (including phenoxy) is 1. The minimum Gasteiger partial charge on any atom is -0.510 e. The Morgan fingerprint density at radius 1 is 1.28 bits per heavy atom. The van der Waals surface area contributed by atoms with Gasteiger partial charge in [-0.3, -0.25) is 5.41 Å². The summed E-state index contributed by atoms with van der Waals surface area (Å²) in [6, 6.07) is 14.3. The molecule has 2 aromatic carbocycles. The van der Waals surface area contributed by atoms with E-state index in [1.54, 1.807) is 41.3 Å². The van der Waals surface area contributed by atoms with Gasteiger partial charge in [0.15, 0.2) is 0 Å². The van der Waals surface area contributed by atoms with Gasteiger partial charge in [0, 0.05) is 21.7 Å². The maximum atomic E-state index is 12.3. The van der Waals surface area contributed by atoms with Crippen molar-refractivity contribution in [2.75, 3.05) is 18.1 Å². The van der Waals surface area contributed by atoms with Crippen molar-refractivity contribution in [2.45, 2.75) is 19.8 Å². The number of unbranched alkanes of at least 4 members (excludes halogenated alkanes) is 1. The second-order valence-corrected chi connectivity index (χ2v) is 8.64. The summed E-state index contributed by atoms with van der Waals surface area (Å²) in [6.45, 7) is 2.55. The number of anilines is 1. The fraction of sp³-hybridized carbons (Fsp3) is 0.208. The molecule has 0 saturated carbocycles. The van der Waals surface area contributed by atoms with E-state index in [0.29, 0.717) is 33.5 Å². The Kier molecular flexibility index (Phi) is 6.58. The van der Waals surface area contributed by atoms with Gasteiger partial charge in [-0.05, 0) is 36.8 Å². The first-order valence-corrected chi connectivity index (χ1v) is 11.5. The van der Waals surface area contributed by atoms with Crippen LogP contribution < -0.4 is 4.90 Å². The van der Waals surface area contributed by atoms with E-state index in [-0.39, 0.29) is 18.1 Å². The number of halogens is 1. The number of thiazole rings is 1. The number of nitrogens with one attached hydrogen (secondary N) is 1. The molecule has 6 nitrogen and oxygen atoms in total. The molecule has 0 bridgehead atoms. The van der Waals surface area contributed by atoms with Gasteiger partial charge >= 0.3 is 5.97 Å². The molecule has 0 radical (unpaired) electrons. The third kappa shape index (κ3) is 4.54. The van der Waals surface area contributed by atoms with Crippen LogP contribution in [0.5, 0.6) is 0 Å². The highest BCUT2D eigenvalue weighted by molar-refractivity contribution is 7.11. The molecule has 0 aliphatic carbocycles. The molecule has 0 amide bonds. The standard InChI is InChI=1S/C24H22ClN3O3S/c1-2-3-11-31-24(30)16-5-4-6-18(12-16)28-13-20(29)21(22(28)26)23-27-19(14-32-23)15-7-9-17(25)10-8-15/h4-10,12,14,26,29H,2-3,11,13H2,1H3. The van der Waals surface area contributed by atoms with Crippen LogP contribution in [0, 0.1) is 5.41 Å². The molecule has 3 aromatic rings. The summed E-state index contributed by atoms with van der Waals surface area (Å²) < 4.78 is 5.29. The number of hydrogen-bond acceptors (Lipinski definition) is 6. The predicted octanol–water partition coefficient (Wildman–Crippen LogP) is 6.19. The zero-order valence-corrected chi connectivity index (χ0v) is 19.0. The zero-order valence-electron chi connectivity index (χ0n) is 17.5. The number of nitrogens with zero attached hydrogens (tertiary/aromatic N) is 2. The smallest absolute Gasteiger partial charge is 0.338 e. The van der Waals surface area contributed by atoms with Gasteiger partial charge in [0.2, 0.25) is 0 Å². The van der Waals surface area contributed by atoms with Crippen molar-refractivity contribution >= 4 is 46.0 Å². The molecule has 8 heteroatoms. The molecule has 4 rings (SSSR count). The first-order valence-electron chi connectivity index (χ1n) is 10.3. The quantitative estimate of drug-likeness (QED) is 0.319. The Balaban J connectivity index is 1.54. The normalized spacial score (nSPS) is 13.7. The van der Waals surface area contributed by atoms with Crippen LogP contribution in [0.3, 0.4) is 0 Å². The SMILES string of the molecule is CCCCOC(=O)c1cccc(N2CC(O)=C(c3nc(-c4ccc(Cl)cc4)cs3)C2=N)c1. The summed E-state index contributed by atoms with van der Waals surface area (Å²) in [5, 5.41) is 22.4. The first-order chi connectivity index (χ1) is 15.5. The fourth-order valence-electron chi connectivity index (χ4n) is 3.36. The van der Waals surface area contributed by atoms with Crippen LogP contribution in [0.4, 0.5) is 5.69 Å². The van der Waals surface area contributed by atoms with E-state index in [1.807, 2.05) is 24.4 Å². The number of rotatable bonds is 7. The number of aliphatic hydroxyl groups excluding tert-OH is 1. The third-order valence-corrected chi connectivity index (χ3v) is 6.20.